The lowest BCUT2D eigenvalue weighted by Crippen LogP contribution is -2.51. The molecule has 2 N–H and O–H groups in total. The maximum Gasteiger partial charge on any atom is 0.311 e. The zero-order valence-electron chi connectivity index (χ0n) is 8.73. The molecule has 0 amide bonds. The lowest BCUT2D eigenvalue weighted by Gasteiger charge is -2.40. The van der Waals surface area contributed by atoms with Gasteiger partial charge in [0.05, 0.1) is 10.8 Å². The van der Waals surface area contributed by atoms with Gasteiger partial charge in [0.2, 0.25) is 0 Å². The number of hydrogen-bond acceptors (Lipinski definition) is 2. The maximum atomic E-state index is 11.3. The van der Waals surface area contributed by atoms with Gasteiger partial charge in [-0.1, -0.05) is 12.2 Å². The molecular weight excluding hydrogens is 196 g/mol. The number of allylic oxidation sites excluding steroid dienone is 2. The quantitative estimate of drug-likeness (QED) is 0.675. The van der Waals surface area contributed by atoms with Crippen molar-refractivity contribution in [2.45, 2.75) is 20.3 Å². The first kappa shape index (κ1) is 10.2. The summed E-state index contributed by atoms with van der Waals surface area (Å²) in [6.45, 7) is 3.11. The Bertz CT molecular complexity index is 339. The van der Waals surface area contributed by atoms with Crippen molar-refractivity contribution in [3.63, 3.8) is 0 Å². The zero-order valence-corrected chi connectivity index (χ0v) is 8.73. The molecule has 0 heterocycles. The Labute approximate surface area is 87.6 Å². The first-order valence-corrected chi connectivity index (χ1v) is 5.00. The Balaban J connectivity index is 2.59. The molecule has 0 aliphatic heterocycles. The highest BCUT2D eigenvalue weighted by Gasteiger charge is 2.68. The third kappa shape index (κ3) is 0.874. The van der Waals surface area contributed by atoms with Crippen LogP contribution < -0.4 is 0 Å². The molecule has 0 radical (unpaired) electrons. The normalized spacial score (nSPS) is 47.1. The number of carbonyl (C=O) groups is 2. The second-order valence-electron chi connectivity index (χ2n) is 4.85. The van der Waals surface area contributed by atoms with E-state index < -0.39 is 22.8 Å². The van der Waals surface area contributed by atoms with Crippen LogP contribution in [0.5, 0.6) is 0 Å². The topological polar surface area (TPSA) is 74.6 Å². The van der Waals surface area contributed by atoms with Gasteiger partial charge < -0.3 is 10.2 Å². The molecule has 0 spiro atoms. The summed E-state index contributed by atoms with van der Waals surface area (Å²) in [5.74, 6) is -2.32. The molecule has 4 nitrogen and oxygen atoms in total. The molecule has 1 fully saturated rings. The monoisotopic (exact) mass is 210 g/mol. The van der Waals surface area contributed by atoms with E-state index in [0.29, 0.717) is 6.42 Å². The summed E-state index contributed by atoms with van der Waals surface area (Å²) in [4.78, 5) is 22.7. The summed E-state index contributed by atoms with van der Waals surface area (Å²) in [6, 6.07) is 0. The van der Waals surface area contributed by atoms with Crippen molar-refractivity contribution in [1.82, 2.24) is 0 Å². The summed E-state index contributed by atoms with van der Waals surface area (Å²) >= 11 is 0. The fourth-order valence-corrected chi connectivity index (χ4v) is 3.09. The molecule has 0 aromatic carbocycles. The van der Waals surface area contributed by atoms with E-state index in [-0.39, 0.29) is 11.8 Å². The Hall–Kier alpha value is -1.32. The van der Waals surface area contributed by atoms with Crippen molar-refractivity contribution >= 4 is 11.9 Å². The van der Waals surface area contributed by atoms with E-state index in [1.807, 2.05) is 12.2 Å². The van der Waals surface area contributed by atoms with Crippen LogP contribution in [0.25, 0.3) is 0 Å². The Kier molecular flexibility index (Phi) is 1.78. The second-order valence-corrected chi connectivity index (χ2v) is 4.85. The number of hydrogen-bond donors (Lipinski definition) is 2. The predicted octanol–water partition coefficient (Wildman–Crippen LogP) is 1.37. The first-order chi connectivity index (χ1) is 6.85. The molecule has 4 unspecified atom stereocenters. The molecule has 4 heteroatoms. The fraction of sp³-hybridized carbons (Fsp3) is 0.636. The van der Waals surface area contributed by atoms with Crippen LogP contribution in [0.1, 0.15) is 20.3 Å². The van der Waals surface area contributed by atoms with Crippen LogP contribution >= 0.6 is 0 Å². The third-order valence-electron chi connectivity index (χ3n) is 4.53. The molecule has 2 aliphatic carbocycles. The highest BCUT2D eigenvalue weighted by Crippen LogP contribution is 2.63. The van der Waals surface area contributed by atoms with Crippen molar-refractivity contribution < 1.29 is 19.8 Å². The highest BCUT2D eigenvalue weighted by atomic mass is 16.4. The Morgan fingerprint density at radius 1 is 1.07 bits per heavy atom. The maximum absolute atomic E-state index is 11.3. The van der Waals surface area contributed by atoms with E-state index in [4.69, 9.17) is 0 Å². The van der Waals surface area contributed by atoms with Gasteiger partial charge in [-0.25, -0.2) is 0 Å². The van der Waals surface area contributed by atoms with Crippen molar-refractivity contribution in [2.75, 3.05) is 0 Å². The van der Waals surface area contributed by atoms with Crippen LogP contribution in [0.4, 0.5) is 0 Å². The van der Waals surface area contributed by atoms with Gasteiger partial charge >= 0.3 is 11.9 Å². The standard InChI is InChI=1S/C11H14O4/c1-10(8(12)13)6-3-4-7(5-6)11(10,2)9(14)15/h3-4,6-7H,5H2,1-2H3,(H,12,13)(H,14,15). The largest absolute Gasteiger partial charge is 0.481 e. The molecule has 15 heavy (non-hydrogen) atoms. The van der Waals surface area contributed by atoms with E-state index >= 15 is 0 Å². The molecular formula is C11H14O4. The van der Waals surface area contributed by atoms with Crippen molar-refractivity contribution in [3.8, 4) is 0 Å². The molecule has 2 bridgehead atoms. The van der Waals surface area contributed by atoms with Gasteiger partial charge in [-0.15, -0.1) is 0 Å². The van der Waals surface area contributed by atoms with Crippen LogP contribution in [0, 0.1) is 22.7 Å². The van der Waals surface area contributed by atoms with Crippen LogP contribution in [-0.4, -0.2) is 22.2 Å². The van der Waals surface area contributed by atoms with Gasteiger partial charge in [0.15, 0.2) is 0 Å². The Morgan fingerprint density at radius 3 is 1.67 bits per heavy atom. The van der Waals surface area contributed by atoms with E-state index in [2.05, 4.69) is 0 Å². The minimum atomic E-state index is -1.18. The average Bonchev–Trinajstić information content (AvgIpc) is 2.69. The van der Waals surface area contributed by atoms with Gasteiger partial charge in [-0.2, -0.15) is 0 Å². The average molecular weight is 210 g/mol. The summed E-state index contributed by atoms with van der Waals surface area (Å²) in [6.07, 6.45) is 4.35. The number of carboxylic acids is 2. The van der Waals surface area contributed by atoms with Gasteiger partial charge in [0.25, 0.3) is 0 Å². The molecule has 2 aliphatic rings. The lowest BCUT2D eigenvalue weighted by molar-refractivity contribution is -0.172. The smallest absolute Gasteiger partial charge is 0.311 e. The molecule has 0 aromatic heterocycles. The van der Waals surface area contributed by atoms with E-state index in [1.165, 1.54) is 0 Å². The minimum Gasteiger partial charge on any atom is -0.481 e. The predicted molar refractivity (Wildman–Crippen MR) is 52.2 cm³/mol. The van der Waals surface area contributed by atoms with Gasteiger partial charge in [-0.05, 0) is 32.1 Å². The van der Waals surface area contributed by atoms with Crippen molar-refractivity contribution in [1.29, 1.82) is 0 Å². The zero-order chi connectivity index (χ0) is 11.4. The van der Waals surface area contributed by atoms with Crippen molar-refractivity contribution in [3.05, 3.63) is 12.2 Å². The fourth-order valence-electron chi connectivity index (χ4n) is 3.09. The summed E-state index contributed by atoms with van der Waals surface area (Å²) in [7, 11) is 0. The van der Waals surface area contributed by atoms with Gasteiger partial charge in [0.1, 0.15) is 0 Å². The highest BCUT2D eigenvalue weighted by molar-refractivity contribution is 5.88. The number of carboxylic acid groups (broad SMARTS) is 2. The molecule has 0 aromatic rings. The van der Waals surface area contributed by atoms with E-state index in [0.717, 1.165) is 0 Å². The van der Waals surface area contributed by atoms with Gasteiger partial charge in [0, 0.05) is 0 Å². The molecule has 0 saturated heterocycles. The number of rotatable bonds is 2. The van der Waals surface area contributed by atoms with Crippen LogP contribution in [0.3, 0.4) is 0 Å². The molecule has 82 valence electrons. The third-order valence-corrected chi connectivity index (χ3v) is 4.53. The number of aliphatic carboxylic acids is 2. The van der Waals surface area contributed by atoms with E-state index in [9.17, 15) is 19.8 Å². The van der Waals surface area contributed by atoms with Crippen LogP contribution in [-0.2, 0) is 9.59 Å². The molecule has 2 rings (SSSR count). The summed E-state index contributed by atoms with van der Waals surface area (Å²) < 4.78 is 0. The summed E-state index contributed by atoms with van der Waals surface area (Å²) in [5, 5.41) is 18.6. The minimum absolute atomic E-state index is 0.152. The second kappa shape index (κ2) is 2.62. The molecule has 4 atom stereocenters. The van der Waals surface area contributed by atoms with Crippen molar-refractivity contribution in [2.24, 2.45) is 22.7 Å². The molecule has 1 saturated carbocycles. The van der Waals surface area contributed by atoms with Gasteiger partial charge in [-0.3, -0.25) is 9.59 Å². The van der Waals surface area contributed by atoms with Crippen LogP contribution in [0.15, 0.2) is 12.2 Å². The SMILES string of the molecule is CC1(C(=O)O)C2C=CC(C2)C1(C)C(=O)O. The lowest BCUT2D eigenvalue weighted by atomic mass is 9.60. The Morgan fingerprint density at radius 2 is 1.40 bits per heavy atom. The van der Waals surface area contributed by atoms with E-state index in [1.54, 1.807) is 13.8 Å². The summed E-state index contributed by atoms with van der Waals surface area (Å²) in [5.41, 5.74) is -2.36. The number of fused-ring (bicyclic) bond motifs is 2. The van der Waals surface area contributed by atoms with Crippen LogP contribution in [0.2, 0.25) is 0 Å². The first-order valence-electron chi connectivity index (χ1n) is 5.00.